The van der Waals surface area contributed by atoms with Gasteiger partial charge < -0.3 is 9.88 Å². The van der Waals surface area contributed by atoms with E-state index in [-0.39, 0.29) is 5.91 Å². The fraction of sp³-hybridized carbons (Fsp3) is 0.333. The maximum absolute atomic E-state index is 11.7. The van der Waals surface area contributed by atoms with Gasteiger partial charge in [0.15, 0.2) is 0 Å². The summed E-state index contributed by atoms with van der Waals surface area (Å²) in [6, 6.07) is 10.5. The topological polar surface area (TPSA) is 46.9 Å². The van der Waals surface area contributed by atoms with Crippen LogP contribution in [-0.2, 0) is 17.8 Å². The maximum atomic E-state index is 11.7. The number of aryl methyl sites for hydroxylation is 2. The van der Waals surface area contributed by atoms with E-state index in [0.29, 0.717) is 13.0 Å². The molecule has 3 aromatic rings. The van der Waals surface area contributed by atoms with Crippen LogP contribution in [0.3, 0.4) is 0 Å². The van der Waals surface area contributed by atoms with Crippen LogP contribution in [-0.4, -0.2) is 22.0 Å². The van der Waals surface area contributed by atoms with Crippen LogP contribution >= 0.6 is 0 Å². The number of carbonyl (C=O) groups is 1. The SMILES string of the molecule is C/C=C/C(=O)NCCc1nc2ccccc2n1Cc1c(C)c(C)cc(C)c1C. The number of benzene rings is 2. The fourth-order valence-corrected chi connectivity index (χ4v) is 3.69. The summed E-state index contributed by atoms with van der Waals surface area (Å²) in [5.41, 5.74) is 8.82. The zero-order valence-corrected chi connectivity index (χ0v) is 17.5. The Labute approximate surface area is 167 Å². The Kier molecular flexibility index (Phi) is 5.98. The zero-order valence-electron chi connectivity index (χ0n) is 17.5. The van der Waals surface area contributed by atoms with E-state index in [0.717, 1.165) is 23.4 Å². The van der Waals surface area contributed by atoms with Gasteiger partial charge in [0, 0.05) is 19.5 Å². The lowest BCUT2D eigenvalue weighted by atomic mass is 9.94. The summed E-state index contributed by atoms with van der Waals surface area (Å²) in [5.74, 6) is 0.936. The Morgan fingerprint density at radius 2 is 1.79 bits per heavy atom. The van der Waals surface area contributed by atoms with Crippen molar-refractivity contribution in [3.8, 4) is 0 Å². The molecule has 0 fully saturated rings. The quantitative estimate of drug-likeness (QED) is 0.642. The largest absolute Gasteiger partial charge is 0.352 e. The Morgan fingerprint density at radius 3 is 2.46 bits per heavy atom. The molecule has 0 radical (unpaired) electrons. The Bertz CT molecular complexity index is 1020. The van der Waals surface area contributed by atoms with Crippen molar-refractivity contribution < 1.29 is 4.79 Å². The number of fused-ring (bicyclic) bond motifs is 1. The van der Waals surface area contributed by atoms with Crippen molar-refractivity contribution in [2.45, 2.75) is 47.6 Å². The van der Waals surface area contributed by atoms with E-state index < -0.39 is 0 Å². The van der Waals surface area contributed by atoms with Gasteiger partial charge in [-0.2, -0.15) is 0 Å². The summed E-state index contributed by atoms with van der Waals surface area (Å²) >= 11 is 0. The molecule has 1 N–H and O–H groups in total. The van der Waals surface area contributed by atoms with Crippen molar-refractivity contribution in [3.63, 3.8) is 0 Å². The second-order valence-electron chi connectivity index (χ2n) is 7.38. The van der Waals surface area contributed by atoms with Crippen molar-refractivity contribution in [2.24, 2.45) is 0 Å². The molecule has 1 heterocycles. The minimum Gasteiger partial charge on any atom is -0.352 e. The predicted molar refractivity (Wildman–Crippen MR) is 116 cm³/mol. The first-order valence-corrected chi connectivity index (χ1v) is 9.83. The van der Waals surface area contributed by atoms with E-state index in [4.69, 9.17) is 4.98 Å². The molecule has 0 unspecified atom stereocenters. The van der Waals surface area contributed by atoms with Gasteiger partial charge >= 0.3 is 0 Å². The number of para-hydroxylation sites is 2. The van der Waals surface area contributed by atoms with Crippen LogP contribution in [0.25, 0.3) is 11.0 Å². The molecule has 0 saturated heterocycles. The standard InChI is InChI=1S/C24H29N3O/c1-6-9-24(28)25-13-12-23-26-21-10-7-8-11-22(21)27(23)15-20-18(4)16(2)14-17(3)19(20)5/h6-11,14H,12-13,15H2,1-5H3,(H,25,28)/b9-6+. The Morgan fingerprint density at radius 1 is 1.11 bits per heavy atom. The number of hydrogen-bond donors (Lipinski definition) is 1. The van der Waals surface area contributed by atoms with Crippen molar-refractivity contribution in [1.29, 1.82) is 0 Å². The molecule has 2 aromatic carbocycles. The van der Waals surface area contributed by atoms with Gasteiger partial charge in [-0.3, -0.25) is 4.79 Å². The fourth-order valence-electron chi connectivity index (χ4n) is 3.69. The number of hydrogen-bond acceptors (Lipinski definition) is 2. The van der Waals surface area contributed by atoms with Crippen molar-refractivity contribution in [2.75, 3.05) is 6.54 Å². The molecule has 0 atom stereocenters. The molecule has 0 aliphatic rings. The smallest absolute Gasteiger partial charge is 0.243 e. The second kappa shape index (κ2) is 8.42. The molecule has 4 heteroatoms. The van der Waals surface area contributed by atoms with Gasteiger partial charge in [-0.1, -0.05) is 24.3 Å². The molecule has 0 aliphatic heterocycles. The highest BCUT2D eigenvalue weighted by atomic mass is 16.1. The van der Waals surface area contributed by atoms with Crippen LogP contribution in [0.2, 0.25) is 0 Å². The van der Waals surface area contributed by atoms with E-state index in [1.54, 1.807) is 12.2 Å². The molecule has 28 heavy (non-hydrogen) atoms. The molecule has 0 spiro atoms. The first kappa shape index (κ1) is 19.9. The molecule has 0 saturated carbocycles. The van der Waals surface area contributed by atoms with Crippen LogP contribution in [0.5, 0.6) is 0 Å². The number of amides is 1. The normalized spacial score (nSPS) is 11.5. The lowest BCUT2D eigenvalue weighted by Gasteiger charge is -2.18. The molecular formula is C24H29N3O. The highest BCUT2D eigenvalue weighted by Gasteiger charge is 2.15. The lowest BCUT2D eigenvalue weighted by molar-refractivity contribution is -0.116. The van der Waals surface area contributed by atoms with E-state index in [9.17, 15) is 4.79 Å². The van der Waals surface area contributed by atoms with Crippen LogP contribution in [0.1, 0.15) is 40.6 Å². The van der Waals surface area contributed by atoms with E-state index in [1.807, 2.05) is 13.0 Å². The predicted octanol–water partition coefficient (Wildman–Crippen LogP) is 4.55. The lowest BCUT2D eigenvalue weighted by Crippen LogP contribution is -2.24. The molecule has 3 rings (SSSR count). The summed E-state index contributed by atoms with van der Waals surface area (Å²) in [7, 11) is 0. The van der Waals surface area contributed by atoms with Gasteiger partial charge in [0.25, 0.3) is 0 Å². The van der Waals surface area contributed by atoms with Gasteiger partial charge in [0.1, 0.15) is 5.82 Å². The van der Waals surface area contributed by atoms with E-state index >= 15 is 0 Å². The number of carbonyl (C=O) groups excluding carboxylic acids is 1. The van der Waals surface area contributed by atoms with Crippen LogP contribution in [0, 0.1) is 27.7 Å². The minimum atomic E-state index is -0.0637. The summed E-state index contributed by atoms with van der Waals surface area (Å²) in [6.45, 7) is 12.0. The Hall–Kier alpha value is -2.88. The van der Waals surface area contributed by atoms with E-state index in [2.05, 4.69) is 61.8 Å². The van der Waals surface area contributed by atoms with Gasteiger partial charge in [0.05, 0.1) is 11.0 Å². The number of nitrogens with zero attached hydrogens (tertiary/aromatic N) is 2. The van der Waals surface area contributed by atoms with Crippen molar-refractivity contribution in [3.05, 3.63) is 76.1 Å². The highest BCUT2D eigenvalue weighted by molar-refractivity contribution is 5.87. The Balaban J connectivity index is 1.97. The molecular weight excluding hydrogens is 346 g/mol. The first-order valence-electron chi connectivity index (χ1n) is 9.83. The van der Waals surface area contributed by atoms with E-state index in [1.165, 1.54) is 27.8 Å². The number of rotatable bonds is 6. The monoisotopic (exact) mass is 375 g/mol. The van der Waals surface area contributed by atoms with Crippen molar-refractivity contribution in [1.82, 2.24) is 14.9 Å². The molecule has 0 aliphatic carbocycles. The number of aromatic nitrogens is 2. The third kappa shape index (κ3) is 4.01. The summed E-state index contributed by atoms with van der Waals surface area (Å²) < 4.78 is 2.30. The number of imidazole rings is 1. The molecule has 4 nitrogen and oxygen atoms in total. The molecule has 1 aromatic heterocycles. The summed E-state index contributed by atoms with van der Waals surface area (Å²) in [6.07, 6.45) is 3.99. The average molecular weight is 376 g/mol. The minimum absolute atomic E-state index is 0.0637. The van der Waals surface area contributed by atoms with Gasteiger partial charge in [-0.15, -0.1) is 0 Å². The maximum Gasteiger partial charge on any atom is 0.243 e. The zero-order chi connectivity index (χ0) is 20.3. The summed E-state index contributed by atoms with van der Waals surface area (Å²) in [4.78, 5) is 16.6. The second-order valence-corrected chi connectivity index (χ2v) is 7.38. The third-order valence-electron chi connectivity index (χ3n) is 5.54. The molecule has 1 amide bonds. The van der Waals surface area contributed by atoms with Gasteiger partial charge in [-0.25, -0.2) is 4.98 Å². The molecule has 146 valence electrons. The third-order valence-corrected chi connectivity index (χ3v) is 5.54. The summed E-state index contributed by atoms with van der Waals surface area (Å²) in [5, 5.41) is 2.93. The molecule has 0 bridgehead atoms. The average Bonchev–Trinajstić information content (AvgIpc) is 3.01. The van der Waals surface area contributed by atoms with Crippen LogP contribution in [0.15, 0.2) is 42.5 Å². The number of allylic oxidation sites excluding steroid dienone is 1. The highest BCUT2D eigenvalue weighted by Crippen LogP contribution is 2.25. The number of nitrogens with one attached hydrogen (secondary N) is 1. The first-order chi connectivity index (χ1) is 13.4. The van der Waals surface area contributed by atoms with Crippen LogP contribution in [0.4, 0.5) is 0 Å². The van der Waals surface area contributed by atoms with Crippen LogP contribution < -0.4 is 5.32 Å². The van der Waals surface area contributed by atoms with Gasteiger partial charge in [-0.05, 0) is 80.6 Å². The van der Waals surface area contributed by atoms with Crippen molar-refractivity contribution >= 4 is 16.9 Å². The van der Waals surface area contributed by atoms with Gasteiger partial charge in [0.2, 0.25) is 5.91 Å².